The summed E-state index contributed by atoms with van der Waals surface area (Å²) in [5, 5.41) is 9.05. The lowest BCUT2D eigenvalue weighted by atomic mass is 9.97. The molecule has 0 saturated heterocycles. The van der Waals surface area contributed by atoms with Crippen molar-refractivity contribution < 1.29 is 4.74 Å². The number of fused-ring (bicyclic) bond motifs is 1. The molecule has 0 saturated carbocycles. The van der Waals surface area contributed by atoms with Gasteiger partial charge in [-0.15, -0.1) is 0 Å². The Balaban J connectivity index is 2.64. The quantitative estimate of drug-likeness (QED) is 0.681. The molecule has 15 heavy (non-hydrogen) atoms. The highest BCUT2D eigenvalue weighted by Crippen LogP contribution is 2.24. The van der Waals surface area contributed by atoms with Crippen molar-refractivity contribution in [2.45, 2.75) is 19.8 Å². The second kappa shape index (κ2) is 3.87. The van der Waals surface area contributed by atoms with E-state index < -0.39 is 0 Å². The van der Waals surface area contributed by atoms with Gasteiger partial charge in [0.2, 0.25) is 0 Å². The van der Waals surface area contributed by atoms with Crippen molar-refractivity contribution in [1.29, 1.82) is 5.26 Å². The standard InChI is InChI=1S/C11H13N3O/c1-7-8-2-4-15-5-3-9(8)10(6-12)11(13)14-7/h2-5H2,1H3,(H2,13,14). The third-order valence-electron chi connectivity index (χ3n) is 2.75. The largest absolute Gasteiger partial charge is 0.383 e. The van der Waals surface area contributed by atoms with Crippen LogP contribution in [0.15, 0.2) is 0 Å². The summed E-state index contributed by atoms with van der Waals surface area (Å²) >= 11 is 0. The summed E-state index contributed by atoms with van der Waals surface area (Å²) in [5.74, 6) is 0.343. The van der Waals surface area contributed by atoms with Crippen molar-refractivity contribution in [1.82, 2.24) is 4.98 Å². The highest BCUT2D eigenvalue weighted by molar-refractivity contribution is 5.57. The Morgan fingerprint density at radius 3 is 2.67 bits per heavy atom. The molecule has 0 radical (unpaired) electrons. The second-order valence-electron chi connectivity index (χ2n) is 3.64. The molecule has 4 heteroatoms. The summed E-state index contributed by atoms with van der Waals surface area (Å²) in [6.45, 7) is 3.29. The van der Waals surface area contributed by atoms with Gasteiger partial charge in [0.25, 0.3) is 0 Å². The molecule has 0 fully saturated rings. The summed E-state index contributed by atoms with van der Waals surface area (Å²) in [6.07, 6.45) is 1.58. The van der Waals surface area contributed by atoms with Gasteiger partial charge in [-0.3, -0.25) is 0 Å². The third kappa shape index (κ3) is 1.66. The fourth-order valence-electron chi connectivity index (χ4n) is 2.01. The van der Waals surface area contributed by atoms with E-state index in [9.17, 15) is 0 Å². The molecule has 0 unspecified atom stereocenters. The molecule has 0 spiro atoms. The lowest BCUT2D eigenvalue weighted by molar-refractivity contribution is 0.146. The summed E-state index contributed by atoms with van der Waals surface area (Å²) in [5.41, 5.74) is 9.35. The predicted molar refractivity (Wildman–Crippen MR) is 56.3 cm³/mol. The van der Waals surface area contributed by atoms with Gasteiger partial charge in [-0.2, -0.15) is 5.26 Å². The van der Waals surface area contributed by atoms with Crippen molar-refractivity contribution in [3.63, 3.8) is 0 Å². The van der Waals surface area contributed by atoms with Gasteiger partial charge in [0, 0.05) is 5.69 Å². The summed E-state index contributed by atoms with van der Waals surface area (Å²) in [6, 6.07) is 2.14. The maximum absolute atomic E-state index is 9.05. The number of nitrogen functional groups attached to an aromatic ring is 1. The zero-order valence-electron chi connectivity index (χ0n) is 8.71. The van der Waals surface area contributed by atoms with E-state index >= 15 is 0 Å². The molecule has 0 aliphatic carbocycles. The number of aromatic nitrogens is 1. The molecular weight excluding hydrogens is 190 g/mol. The van der Waals surface area contributed by atoms with E-state index in [-0.39, 0.29) is 0 Å². The molecule has 4 nitrogen and oxygen atoms in total. The Labute approximate surface area is 88.7 Å². The number of ether oxygens (including phenoxy) is 1. The molecule has 0 bridgehead atoms. The lowest BCUT2D eigenvalue weighted by Gasteiger charge is -2.11. The van der Waals surface area contributed by atoms with Crippen LogP contribution in [-0.4, -0.2) is 18.2 Å². The molecule has 1 aromatic rings. The molecular formula is C11H13N3O. The highest BCUT2D eigenvalue weighted by atomic mass is 16.5. The fraction of sp³-hybridized carbons (Fsp3) is 0.455. The maximum atomic E-state index is 9.05. The van der Waals surface area contributed by atoms with E-state index in [4.69, 9.17) is 15.7 Å². The third-order valence-corrected chi connectivity index (χ3v) is 2.75. The van der Waals surface area contributed by atoms with Gasteiger partial charge in [-0.25, -0.2) is 4.98 Å². The fourth-order valence-corrected chi connectivity index (χ4v) is 2.01. The number of pyridine rings is 1. The number of hydrogen-bond donors (Lipinski definition) is 1. The van der Waals surface area contributed by atoms with Crippen LogP contribution < -0.4 is 5.73 Å². The number of aryl methyl sites for hydroxylation is 1. The highest BCUT2D eigenvalue weighted by Gasteiger charge is 2.17. The predicted octanol–water partition coefficient (Wildman–Crippen LogP) is 0.959. The van der Waals surface area contributed by atoms with E-state index in [1.54, 1.807) is 0 Å². The topological polar surface area (TPSA) is 71.9 Å². The Kier molecular flexibility index (Phi) is 2.57. The van der Waals surface area contributed by atoms with Gasteiger partial charge in [0.1, 0.15) is 11.9 Å². The van der Waals surface area contributed by atoms with Gasteiger partial charge in [0.15, 0.2) is 0 Å². The van der Waals surface area contributed by atoms with Crippen molar-refractivity contribution in [3.05, 3.63) is 22.4 Å². The van der Waals surface area contributed by atoms with Crippen LogP contribution in [0.1, 0.15) is 22.4 Å². The van der Waals surface area contributed by atoms with Gasteiger partial charge >= 0.3 is 0 Å². The van der Waals surface area contributed by atoms with Crippen molar-refractivity contribution in [3.8, 4) is 6.07 Å². The zero-order valence-corrected chi connectivity index (χ0v) is 8.71. The normalized spacial score (nSPS) is 15.2. The van der Waals surface area contributed by atoms with Crippen molar-refractivity contribution in [2.24, 2.45) is 0 Å². The van der Waals surface area contributed by atoms with Gasteiger partial charge in [0.05, 0.1) is 18.8 Å². The molecule has 2 heterocycles. The first kappa shape index (κ1) is 9.94. The van der Waals surface area contributed by atoms with Crippen molar-refractivity contribution >= 4 is 5.82 Å². The van der Waals surface area contributed by atoms with Crippen LogP contribution in [0.3, 0.4) is 0 Å². The van der Waals surface area contributed by atoms with Gasteiger partial charge in [-0.05, 0) is 30.9 Å². The number of nitrogens with zero attached hydrogens (tertiary/aromatic N) is 2. The summed E-state index contributed by atoms with van der Waals surface area (Å²) in [4.78, 5) is 4.20. The molecule has 0 aromatic carbocycles. The minimum atomic E-state index is 0.343. The summed E-state index contributed by atoms with van der Waals surface area (Å²) in [7, 11) is 0. The number of rotatable bonds is 0. The summed E-state index contributed by atoms with van der Waals surface area (Å²) < 4.78 is 5.39. The minimum absolute atomic E-state index is 0.343. The van der Waals surface area contributed by atoms with E-state index in [1.165, 1.54) is 0 Å². The van der Waals surface area contributed by atoms with Crippen LogP contribution in [0, 0.1) is 18.3 Å². The smallest absolute Gasteiger partial charge is 0.141 e. The zero-order chi connectivity index (χ0) is 10.8. The van der Waals surface area contributed by atoms with Crippen LogP contribution in [-0.2, 0) is 17.6 Å². The Morgan fingerprint density at radius 1 is 1.33 bits per heavy atom. The van der Waals surface area contributed by atoms with E-state index in [0.717, 1.165) is 29.7 Å². The number of anilines is 1. The molecule has 0 atom stereocenters. The van der Waals surface area contributed by atoms with Crippen molar-refractivity contribution in [2.75, 3.05) is 18.9 Å². The Bertz CT molecular complexity index is 434. The van der Waals surface area contributed by atoms with Crippen LogP contribution in [0.5, 0.6) is 0 Å². The van der Waals surface area contributed by atoms with Crippen LogP contribution >= 0.6 is 0 Å². The van der Waals surface area contributed by atoms with E-state index in [0.29, 0.717) is 24.6 Å². The molecule has 1 aliphatic heterocycles. The number of nitrogens with two attached hydrogens (primary N) is 1. The minimum Gasteiger partial charge on any atom is -0.383 e. The van der Waals surface area contributed by atoms with Crippen LogP contribution in [0.2, 0.25) is 0 Å². The molecule has 0 amide bonds. The monoisotopic (exact) mass is 203 g/mol. The first-order valence-corrected chi connectivity index (χ1v) is 4.99. The first-order chi connectivity index (χ1) is 7.24. The Hall–Kier alpha value is -1.60. The van der Waals surface area contributed by atoms with Gasteiger partial charge in [-0.1, -0.05) is 0 Å². The number of nitriles is 1. The Morgan fingerprint density at radius 2 is 2.00 bits per heavy atom. The number of hydrogen-bond acceptors (Lipinski definition) is 4. The molecule has 1 aliphatic rings. The van der Waals surface area contributed by atoms with Crippen LogP contribution in [0.25, 0.3) is 0 Å². The SMILES string of the molecule is Cc1nc(N)c(C#N)c2c1CCOCC2. The lowest BCUT2D eigenvalue weighted by Crippen LogP contribution is -2.07. The molecule has 2 N–H and O–H groups in total. The average Bonchev–Trinajstić information content (AvgIpc) is 2.44. The molecule has 2 rings (SSSR count). The average molecular weight is 203 g/mol. The van der Waals surface area contributed by atoms with E-state index in [1.807, 2.05) is 6.92 Å². The van der Waals surface area contributed by atoms with Gasteiger partial charge < -0.3 is 10.5 Å². The first-order valence-electron chi connectivity index (χ1n) is 4.99. The molecule has 78 valence electrons. The molecule has 1 aromatic heterocycles. The second-order valence-corrected chi connectivity index (χ2v) is 3.64. The van der Waals surface area contributed by atoms with Crippen LogP contribution in [0.4, 0.5) is 5.82 Å². The van der Waals surface area contributed by atoms with E-state index in [2.05, 4.69) is 11.1 Å². The maximum Gasteiger partial charge on any atom is 0.141 e.